The van der Waals surface area contributed by atoms with Crippen LogP contribution in [-0.4, -0.2) is 30.3 Å². The summed E-state index contributed by atoms with van der Waals surface area (Å²) in [5.41, 5.74) is 1.23. The summed E-state index contributed by atoms with van der Waals surface area (Å²) in [6.07, 6.45) is 12.3. The van der Waals surface area contributed by atoms with Crippen LogP contribution in [0.4, 0.5) is 0 Å². The number of pyridine rings is 1. The maximum absolute atomic E-state index is 6.08. The number of nitrogens with one attached hydrogen (secondary N) is 1. The standard InChI is InChI=1S/C17H27BrN2O/c1-3-20-16(11-14-10-15(18)13-19-12-14)17(21-2)8-6-4-5-7-9-17/h10,12-13,16,20H,3-9,11H2,1-2H3. The lowest BCUT2D eigenvalue weighted by molar-refractivity contribution is -0.0523. The van der Waals surface area contributed by atoms with Crippen molar-refractivity contribution in [1.29, 1.82) is 0 Å². The Kier molecular flexibility index (Phi) is 6.65. The van der Waals surface area contributed by atoms with Crippen molar-refractivity contribution in [3.8, 4) is 0 Å². The number of aromatic nitrogens is 1. The number of methoxy groups -OCH3 is 1. The van der Waals surface area contributed by atoms with Gasteiger partial charge in [-0.1, -0.05) is 32.6 Å². The van der Waals surface area contributed by atoms with Gasteiger partial charge in [-0.25, -0.2) is 0 Å². The van der Waals surface area contributed by atoms with E-state index in [4.69, 9.17) is 4.74 Å². The third-order valence-corrected chi connectivity index (χ3v) is 5.08. The molecule has 1 atom stereocenters. The summed E-state index contributed by atoms with van der Waals surface area (Å²) in [5, 5.41) is 3.67. The van der Waals surface area contributed by atoms with E-state index >= 15 is 0 Å². The number of hydrogen-bond acceptors (Lipinski definition) is 3. The third-order valence-electron chi connectivity index (χ3n) is 4.64. The molecule has 0 amide bonds. The lowest BCUT2D eigenvalue weighted by Gasteiger charge is -2.40. The minimum Gasteiger partial charge on any atom is -0.377 e. The Morgan fingerprint density at radius 2 is 2.00 bits per heavy atom. The predicted molar refractivity (Wildman–Crippen MR) is 90.5 cm³/mol. The molecule has 1 unspecified atom stereocenters. The minimum absolute atomic E-state index is 0.0329. The maximum atomic E-state index is 6.08. The van der Waals surface area contributed by atoms with Crippen LogP contribution in [0.3, 0.4) is 0 Å². The summed E-state index contributed by atoms with van der Waals surface area (Å²) in [4.78, 5) is 4.29. The van der Waals surface area contributed by atoms with Gasteiger partial charge in [0.25, 0.3) is 0 Å². The molecular weight excluding hydrogens is 328 g/mol. The van der Waals surface area contributed by atoms with E-state index in [1.807, 2.05) is 19.5 Å². The Bertz CT molecular complexity index is 431. The quantitative estimate of drug-likeness (QED) is 0.780. The van der Waals surface area contributed by atoms with E-state index in [1.54, 1.807) is 0 Å². The van der Waals surface area contributed by atoms with E-state index in [0.29, 0.717) is 6.04 Å². The van der Waals surface area contributed by atoms with Gasteiger partial charge >= 0.3 is 0 Å². The largest absolute Gasteiger partial charge is 0.377 e. The second kappa shape index (κ2) is 8.25. The number of rotatable bonds is 6. The molecule has 1 fully saturated rings. The minimum atomic E-state index is -0.0329. The molecule has 21 heavy (non-hydrogen) atoms. The van der Waals surface area contributed by atoms with Crippen molar-refractivity contribution in [3.63, 3.8) is 0 Å². The lowest BCUT2D eigenvalue weighted by atomic mass is 9.83. The van der Waals surface area contributed by atoms with Crippen LogP contribution < -0.4 is 5.32 Å². The van der Waals surface area contributed by atoms with Gasteiger partial charge in [0.1, 0.15) is 0 Å². The first-order valence-corrected chi connectivity index (χ1v) is 8.87. The molecule has 1 saturated carbocycles. The molecule has 1 aromatic heterocycles. The SMILES string of the molecule is CCNC(Cc1cncc(Br)c1)C1(OC)CCCCCC1. The van der Waals surface area contributed by atoms with Crippen LogP contribution in [-0.2, 0) is 11.2 Å². The number of halogens is 1. The van der Waals surface area contributed by atoms with Crippen molar-refractivity contribution in [1.82, 2.24) is 10.3 Å². The molecule has 0 radical (unpaired) electrons. The highest BCUT2D eigenvalue weighted by Crippen LogP contribution is 2.34. The van der Waals surface area contributed by atoms with Crippen molar-refractivity contribution < 1.29 is 4.74 Å². The first-order valence-electron chi connectivity index (χ1n) is 8.08. The Morgan fingerprint density at radius 1 is 1.29 bits per heavy atom. The third kappa shape index (κ3) is 4.51. The van der Waals surface area contributed by atoms with Crippen LogP contribution in [0, 0.1) is 0 Å². The van der Waals surface area contributed by atoms with Crippen LogP contribution in [0.15, 0.2) is 22.9 Å². The summed E-state index contributed by atoms with van der Waals surface area (Å²) < 4.78 is 7.13. The van der Waals surface area contributed by atoms with Gasteiger partial charge in [0, 0.05) is 30.0 Å². The molecule has 118 valence electrons. The highest BCUT2D eigenvalue weighted by molar-refractivity contribution is 9.10. The van der Waals surface area contributed by atoms with Gasteiger partial charge in [-0.3, -0.25) is 4.98 Å². The Hall–Kier alpha value is -0.450. The van der Waals surface area contributed by atoms with Crippen molar-refractivity contribution in [2.45, 2.75) is 63.5 Å². The highest BCUT2D eigenvalue weighted by Gasteiger charge is 2.38. The monoisotopic (exact) mass is 354 g/mol. The zero-order valence-corrected chi connectivity index (χ0v) is 14.8. The van der Waals surface area contributed by atoms with Crippen LogP contribution >= 0.6 is 15.9 Å². The van der Waals surface area contributed by atoms with Crippen LogP contribution in [0.1, 0.15) is 51.0 Å². The average molecular weight is 355 g/mol. The zero-order chi connectivity index (χ0) is 15.1. The lowest BCUT2D eigenvalue weighted by Crippen LogP contribution is -2.53. The number of nitrogens with zero attached hydrogens (tertiary/aromatic N) is 1. The van der Waals surface area contributed by atoms with E-state index in [0.717, 1.165) is 30.3 Å². The fourth-order valence-electron chi connectivity index (χ4n) is 3.52. The van der Waals surface area contributed by atoms with E-state index in [9.17, 15) is 0 Å². The molecule has 0 saturated heterocycles. The second-order valence-electron chi connectivity index (χ2n) is 6.01. The fourth-order valence-corrected chi connectivity index (χ4v) is 3.93. The van der Waals surface area contributed by atoms with Crippen molar-refractivity contribution >= 4 is 15.9 Å². The van der Waals surface area contributed by atoms with Gasteiger partial charge in [-0.15, -0.1) is 0 Å². The van der Waals surface area contributed by atoms with Gasteiger partial charge in [-0.05, 0) is 53.4 Å². The summed E-state index contributed by atoms with van der Waals surface area (Å²) in [6.45, 7) is 3.14. The molecule has 1 heterocycles. The van der Waals surface area contributed by atoms with Gasteiger partial charge in [0.2, 0.25) is 0 Å². The van der Waals surface area contributed by atoms with E-state index in [-0.39, 0.29) is 5.60 Å². The summed E-state index contributed by atoms with van der Waals surface area (Å²) >= 11 is 3.52. The van der Waals surface area contributed by atoms with Crippen LogP contribution in [0.2, 0.25) is 0 Å². The van der Waals surface area contributed by atoms with E-state index in [2.05, 4.69) is 39.2 Å². The van der Waals surface area contributed by atoms with E-state index < -0.39 is 0 Å². The van der Waals surface area contributed by atoms with Crippen molar-refractivity contribution in [2.24, 2.45) is 0 Å². The summed E-state index contributed by atoms with van der Waals surface area (Å²) in [5.74, 6) is 0. The summed E-state index contributed by atoms with van der Waals surface area (Å²) in [6, 6.07) is 2.51. The smallest absolute Gasteiger partial charge is 0.0834 e. The molecule has 1 aliphatic carbocycles. The molecule has 0 spiro atoms. The highest BCUT2D eigenvalue weighted by atomic mass is 79.9. The molecule has 1 aliphatic rings. The molecule has 0 bridgehead atoms. The maximum Gasteiger partial charge on any atom is 0.0834 e. The second-order valence-corrected chi connectivity index (χ2v) is 6.92. The molecule has 3 nitrogen and oxygen atoms in total. The normalized spacial score (nSPS) is 20.0. The number of likely N-dealkylation sites (N-methyl/N-ethyl adjacent to an activating group) is 1. The van der Waals surface area contributed by atoms with Crippen LogP contribution in [0.5, 0.6) is 0 Å². The first kappa shape index (κ1) is 16.9. The summed E-state index contributed by atoms with van der Waals surface area (Å²) in [7, 11) is 1.88. The molecule has 2 rings (SSSR count). The fraction of sp³-hybridized carbons (Fsp3) is 0.706. The van der Waals surface area contributed by atoms with Gasteiger partial charge in [-0.2, -0.15) is 0 Å². The van der Waals surface area contributed by atoms with E-state index in [1.165, 1.54) is 31.2 Å². The Labute approximate surface area is 137 Å². The Balaban J connectivity index is 2.18. The molecule has 0 aliphatic heterocycles. The van der Waals surface area contributed by atoms with Gasteiger partial charge in [0.05, 0.1) is 5.60 Å². The zero-order valence-electron chi connectivity index (χ0n) is 13.2. The first-order chi connectivity index (χ1) is 10.2. The topological polar surface area (TPSA) is 34.2 Å². The Morgan fingerprint density at radius 3 is 2.57 bits per heavy atom. The number of hydrogen-bond donors (Lipinski definition) is 1. The molecule has 1 aromatic rings. The molecule has 0 aromatic carbocycles. The van der Waals surface area contributed by atoms with Gasteiger partial charge in [0.15, 0.2) is 0 Å². The van der Waals surface area contributed by atoms with Crippen molar-refractivity contribution in [2.75, 3.05) is 13.7 Å². The molecular formula is C17H27BrN2O. The van der Waals surface area contributed by atoms with Crippen LogP contribution in [0.25, 0.3) is 0 Å². The molecule has 1 N–H and O–H groups in total. The van der Waals surface area contributed by atoms with Crippen molar-refractivity contribution in [3.05, 3.63) is 28.5 Å². The average Bonchev–Trinajstić information content (AvgIpc) is 2.73. The molecule has 4 heteroatoms. The number of ether oxygens (including phenoxy) is 1. The predicted octanol–water partition coefficient (Wildman–Crippen LogP) is 4.10. The van der Waals surface area contributed by atoms with Gasteiger partial charge < -0.3 is 10.1 Å².